The molecule has 0 aromatic heterocycles. The first-order valence-corrected chi connectivity index (χ1v) is 7.19. The van der Waals surface area contributed by atoms with Gasteiger partial charge in [-0.05, 0) is 18.6 Å². The van der Waals surface area contributed by atoms with Crippen LogP contribution in [0.4, 0.5) is 0 Å². The molecule has 0 aliphatic carbocycles. The monoisotopic (exact) mass is 290 g/mol. The topological polar surface area (TPSA) is 62.1 Å². The van der Waals surface area contributed by atoms with E-state index in [1.54, 1.807) is 45.2 Å². The van der Waals surface area contributed by atoms with Gasteiger partial charge in [0.1, 0.15) is 5.75 Å². The molecule has 1 aliphatic rings. The molecule has 0 radical (unpaired) electrons. The van der Waals surface area contributed by atoms with E-state index in [0.717, 1.165) is 5.71 Å². The van der Waals surface area contributed by atoms with E-state index in [1.807, 2.05) is 6.92 Å². The number of rotatable bonds is 4. The Labute approximate surface area is 125 Å². The number of nitrogens with zero attached hydrogens (tertiary/aromatic N) is 2. The second-order valence-electron chi connectivity index (χ2n) is 5.55. The minimum atomic E-state index is -1.40. The second kappa shape index (κ2) is 5.85. The van der Waals surface area contributed by atoms with E-state index in [-0.39, 0.29) is 11.8 Å². The fourth-order valence-electron chi connectivity index (χ4n) is 2.37. The van der Waals surface area contributed by atoms with Gasteiger partial charge in [-0.1, -0.05) is 32.9 Å². The number of hydrogen-bond donors (Lipinski definition) is 1. The Bertz CT molecular complexity index is 551. The number of methoxy groups -OCH3 is 1. The lowest BCUT2D eigenvalue weighted by Gasteiger charge is -2.32. The van der Waals surface area contributed by atoms with Crippen molar-refractivity contribution in [1.29, 1.82) is 0 Å². The van der Waals surface area contributed by atoms with Crippen LogP contribution in [0.5, 0.6) is 5.75 Å². The van der Waals surface area contributed by atoms with Gasteiger partial charge in [0.25, 0.3) is 0 Å². The van der Waals surface area contributed by atoms with Gasteiger partial charge < -0.3 is 9.84 Å². The van der Waals surface area contributed by atoms with Crippen molar-refractivity contribution >= 4 is 11.6 Å². The predicted octanol–water partition coefficient (Wildman–Crippen LogP) is 2.49. The average molecular weight is 290 g/mol. The molecule has 21 heavy (non-hydrogen) atoms. The van der Waals surface area contributed by atoms with E-state index in [4.69, 9.17) is 4.74 Å². The molecule has 0 saturated carbocycles. The first kappa shape index (κ1) is 15.5. The van der Waals surface area contributed by atoms with E-state index in [1.165, 1.54) is 5.01 Å². The van der Waals surface area contributed by atoms with Crippen molar-refractivity contribution < 1.29 is 14.6 Å². The number of carbonyl (C=O) groups is 1. The Hall–Kier alpha value is -1.88. The maximum Gasteiger partial charge on any atom is 0.248 e. The van der Waals surface area contributed by atoms with E-state index >= 15 is 0 Å². The number of aliphatic hydroxyl groups is 1. The summed E-state index contributed by atoms with van der Waals surface area (Å²) in [4.78, 5) is 12.4. The van der Waals surface area contributed by atoms with Crippen LogP contribution in [0, 0.1) is 5.92 Å². The molecule has 1 atom stereocenters. The largest absolute Gasteiger partial charge is 0.497 e. The first-order chi connectivity index (χ1) is 9.92. The van der Waals surface area contributed by atoms with Crippen LogP contribution in [-0.2, 0) is 10.5 Å². The zero-order chi connectivity index (χ0) is 15.6. The van der Waals surface area contributed by atoms with Gasteiger partial charge in [-0.25, -0.2) is 0 Å². The van der Waals surface area contributed by atoms with Gasteiger partial charge in [0.2, 0.25) is 5.91 Å². The second-order valence-corrected chi connectivity index (χ2v) is 5.55. The molecule has 0 unspecified atom stereocenters. The van der Waals surface area contributed by atoms with Crippen molar-refractivity contribution in [2.45, 2.75) is 39.3 Å². The molecule has 2 rings (SSSR count). The van der Waals surface area contributed by atoms with Crippen molar-refractivity contribution in [1.82, 2.24) is 5.01 Å². The Morgan fingerprint density at radius 3 is 2.52 bits per heavy atom. The molecule has 5 nitrogen and oxygen atoms in total. The Kier molecular flexibility index (Phi) is 4.32. The number of amides is 1. The molecule has 1 amide bonds. The SMILES string of the molecule is CCC1=NN(C(=O)C(C)C)[C@](O)(c2ccc(OC)cc2)C1. The third-order valence-electron chi connectivity index (χ3n) is 3.71. The fraction of sp³-hybridized carbons (Fsp3) is 0.500. The fourth-order valence-corrected chi connectivity index (χ4v) is 2.37. The summed E-state index contributed by atoms with van der Waals surface area (Å²) in [7, 11) is 1.59. The lowest BCUT2D eigenvalue weighted by molar-refractivity contribution is -0.161. The minimum absolute atomic E-state index is 0.184. The minimum Gasteiger partial charge on any atom is -0.497 e. The number of carbonyl (C=O) groups excluding carboxylic acids is 1. The Balaban J connectivity index is 2.39. The predicted molar refractivity (Wildman–Crippen MR) is 80.9 cm³/mol. The summed E-state index contributed by atoms with van der Waals surface area (Å²) in [6.45, 7) is 5.57. The van der Waals surface area contributed by atoms with Crippen molar-refractivity contribution in [3.63, 3.8) is 0 Å². The highest BCUT2D eigenvalue weighted by atomic mass is 16.5. The van der Waals surface area contributed by atoms with Crippen molar-refractivity contribution in [3.8, 4) is 5.75 Å². The number of hydrogen-bond acceptors (Lipinski definition) is 4. The van der Waals surface area contributed by atoms with Crippen molar-refractivity contribution in [2.24, 2.45) is 11.0 Å². The molecule has 1 aliphatic heterocycles. The summed E-state index contributed by atoms with van der Waals surface area (Å²) in [5.41, 5.74) is 0.0608. The van der Waals surface area contributed by atoms with E-state index in [9.17, 15) is 9.90 Å². The molecule has 114 valence electrons. The lowest BCUT2D eigenvalue weighted by atomic mass is 9.95. The zero-order valence-corrected chi connectivity index (χ0v) is 13.0. The lowest BCUT2D eigenvalue weighted by Crippen LogP contribution is -2.45. The molecule has 0 bridgehead atoms. The molecule has 1 heterocycles. The van der Waals surface area contributed by atoms with Crippen molar-refractivity contribution in [3.05, 3.63) is 29.8 Å². The summed E-state index contributed by atoms with van der Waals surface area (Å²) in [6, 6.07) is 7.09. The van der Waals surface area contributed by atoms with E-state index in [2.05, 4.69) is 5.10 Å². The van der Waals surface area contributed by atoms with Gasteiger partial charge in [0.15, 0.2) is 5.72 Å². The van der Waals surface area contributed by atoms with Gasteiger partial charge >= 0.3 is 0 Å². The van der Waals surface area contributed by atoms with Crippen LogP contribution in [0.25, 0.3) is 0 Å². The number of ether oxygens (including phenoxy) is 1. The summed E-state index contributed by atoms with van der Waals surface area (Å²) < 4.78 is 5.13. The average Bonchev–Trinajstić information content (AvgIpc) is 2.84. The van der Waals surface area contributed by atoms with Crippen LogP contribution in [0.2, 0.25) is 0 Å². The van der Waals surface area contributed by atoms with Gasteiger partial charge in [-0.2, -0.15) is 10.1 Å². The molecular weight excluding hydrogens is 268 g/mol. The van der Waals surface area contributed by atoms with Crippen LogP contribution in [0.15, 0.2) is 29.4 Å². The van der Waals surface area contributed by atoms with Crippen LogP contribution in [-0.4, -0.2) is 28.8 Å². The van der Waals surface area contributed by atoms with Gasteiger partial charge in [-0.15, -0.1) is 0 Å². The highest BCUT2D eigenvalue weighted by molar-refractivity contribution is 5.91. The Morgan fingerprint density at radius 2 is 2.05 bits per heavy atom. The van der Waals surface area contributed by atoms with Crippen molar-refractivity contribution in [2.75, 3.05) is 7.11 Å². The standard InChI is InChI=1S/C16H22N2O3/c1-5-13-10-16(20,18(17-13)15(19)11(2)3)12-6-8-14(21-4)9-7-12/h6-9,11,20H,5,10H2,1-4H3/t16-/m1/s1. The third-order valence-corrected chi connectivity index (χ3v) is 3.71. The van der Waals surface area contributed by atoms with Crippen LogP contribution in [0.1, 0.15) is 39.2 Å². The van der Waals surface area contributed by atoms with Crippen LogP contribution in [0.3, 0.4) is 0 Å². The van der Waals surface area contributed by atoms with Crippen LogP contribution < -0.4 is 4.74 Å². The normalized spacial score (nSPS) is 21.6. The summed E-state index contributed by atoms with van der Waals surface area (Å²) in [5.74, 6) is 0.296. The molecule has 1 aromatic carbocycles. The highest BCUT2D eigenvalue weighted by Crippen LogP contribution is 2.37. The zero-order valence-electron chi connectivity index (χ0n) is 13.0. The Morgan fingerprint density at radius 1 is 1.43 bits per heavy atom. The molecule has 0 spiro atoms. The summed E-state index contributed by atoms with van der Waals surface area (Å²) in [5, 5.41) is 16.6. The van der Waals surface area contributed by atoms with Gasteiger partial charge in [0.05, 0.1) is 7.11 Å². The molecular formula is C16H22N2O3. The number of hydrazone groups is 1. The first-order valence-electron chi connectivity index (χ1n) is 7.19. The maximum atomic E-state index is 12.4. The molecule has 0 fully saturated rings. The summed E-state index contributed by atoms with van der Waals surface area (Å²) in [6.07, 6.45) is 1.05. The van der Waals surface area contributed by atoms with E-state index in [0.29, 0.717) is 24.2 Å². The number of benzene rings is 1. The van der Waals surface area contributed by atoms with Crippen LogP contribution >= 0.6 is 0 Å². The molecule has 5 heteroatoms. The van der Waals surface area contributed by atoms with Gasteiger partial charge in [0, 0.05) is 23.6 Å². The summed E-state index contributed by atoms with van der Waals surface area (Å²) >= 11 is 0. The molecule has 1 aromatic rings. The van der Waals surface area contributed by atoms with Gasteiger partial charge in [-0.3, -0.25) is 4.79 Å². The quantitative estimate of drug-likeness (QED) is 0.926. The maximum absolute atomic E-state index is 12.4. The smallest absolute Gasteiger partial charge is 0.248 e. The molecule has 1 N–H and O–H groups in total. The third kappa shape index (κ3) is 2.78. The van der Waals surface area contributed by atoms with E-state index < -0.39 is 5.72 Å². The highest BCUT2D eigenvalue weighted by Gasteiger charge is 2.45. The molecule has 0 saturated heterocycles.